The third-order valence-electron chi connectivity index (χ3n) is 4.48. The van der Waals surface area contributed by atoms with Gasteiger partial charge in [-0.25, -0.2) is 4.79 Å². The summed E-state index contributed by atoms with van der Waals surface area (Å²) in [5, 5.41) is 10.9. The van der Waals surface area contributed by atoms with Gasteiger partial charge in [-0.2, -0.15) is 0 Å². The number of carbonyl (C=O) groups is 2. The van der Waals surface area contributed by atoms with Gasteiger partial charge in [-0.15, -0.1) is 0 Å². The summed E-state index contributed by atoms with van der Waals surface area (Å²) >= 11 is 0. The van der Waals surface area contributed by atoms with E-state index in [9.17, 15) is 14.7 Å². The number of hydrogen-bond donors (Lipinski definition) is 0. The van der Waals surface area contributed by atoms with Gasteiger partial charge in [0.25, 0.3) is 0 Å². The lowest BCUT2D eigenvalue weighted by Crippen LogP contribution is -2.22. The number of methoxy groups -OCH3 is 2. The van der Waals surface area contributed by atoms with E-state index in [0.29, 0.717) is 12.0 Å². The zero-order chi connectivity index (χ0) is 20.1. The van der Waals surface area contributed by atoms with Gasteiger partial charge in [0.05, 0.1) is 25.5 Å². The Morgan fingerprint density at radius 2 is 1.61 bits per heavy atom. The van der Waals surface area contributed by atoms with E-state index >= 15 is 0 Å². The normalized spacial score (nSPS) is 10.5. The standard InChI is InChI=1S/C22H21NO5/c1-27-19-11-5-15(6-12-19)20-13-9-18(10-14-21(24)25)23(20)17-7-3-16(4-8-17)22(26)28-2/h3-9,11-13H,10,14H2,1-2H3,(H,24,25)/p-1. The molecule has 0 fully saturated rings. The van der Waals surface area contributed by atoms with Crippen molar-refractivity contribution in [1.82, 2.24) is 4.57 Å². The van der Waals surface area contributed by atoms with Crippen LogP contribution < -0.4 is 9.84 Å². The van der Waals surface area contributed by atoms with Gasteiger partial charge in [-0.05, 0) is 79.1 Å². The number of esters is 1. The molecule has 0 radical (unpaired) electrons. The molecule has 0 atom stereocenters. The minimum atomic E-state index is -1.10. The average molecular weight is 378 g/mol. The minimum Gasteiger partial charge on any atom is -0.550 e. The number of ether oxygens (including phenoxy) is 2. The number of carboxylic acids is 1. The second-order valence-corrected chi connectivity index (χ2v) is 6.18. The summed E-state index contributed by atoms with van der Waals surface area (Å²) in [6, 6.07) is 18.4. The maximum Gasteiger partial charge on any atom is 0.337 e. The van der Waals surface area contributed by atoms with E-state index in [4.69, 9.17) is 9.47 Å². The Kier molecular flexibility index (Phi) is 5.79. The summed E-state index contributed by atoms with van der Waals surface area (Å²) in [6.07, 6.45) is 0.254. The summed E-state index contributed by atoms with van der Waals surface area (Å²) in [5.41, 5.74) is 3.96. The molecule has 0 aliphatic heterocycles. The zero-order valence-electron chi connectivity index (χ0n) is 15.7. The number of aliphatic carboxylic acids is 1. The first-order chi connectivity index (χ1) is 13.5. The number of nitrogens with zero attached hydrogens (tertiary/aromatic N) is 1. The van der Waals surface area contributed by atoms with E-state index in [1.165, 1.54) is 7.11 Å². The van der Waals surface area contributed by atoms with E-state index in [0.717, 1.165) is 28.4 Å². The van der Waals surface area contributed by atoms with Crippen molar-refractivity contribution in [2.45, 2.75) is 12.8 Å². The molecule has 0 saturated carbocycles. The van der Waals surface area contributed by atoms with Crippen molar-refractivity contribution in [1.29, 1.82) is 0 Å². The van der Waals surface area contributed by atoms with Crippen molar-refractivity contribution in [2.75, 3.05) is 14.2 Å². The maximum atomic E-state index is 11.7. The Morgan fingerprint density at radius 1 is 0.929 bits per heavy atom. The summed E-state index contributed by atoms with van der Waals surface area (Å²) in [7, 11) is 2.95. The Morgan fingerprint density at radius 3 is 2.18 bits per heavy atom. The predicted molar refractivity (Wildman–Crippen MR) is 102 cm³/mol. The Labute approximate surface area is 162 Å². The molecule has 3 rings (SSSR count). The van der Waals surface area contributed by atoms with Crippen LogP contribution in [0.4, 0.5) is 0 Å². The molecule has 0 aliphatic carbocycles. The smallest absolute Gasteiger partial charge is 0.337 e. The third-order valence-corrected chi connectivity index (χ3v) is 4.48. The number of carboxylic acid groups (broad SMARTS) is 1. The maximum absolute atomic E-state index is 11.7. The number of aryl methyl sites for hydroxylation is 1. The molecule has 0 saturated heterocycles. The van der Waals surface area contributed by atoms with Gasteiger partial charge in [0, 0.05) is 17.4 Å². The summed E-state index contributed by atoms with van der Waals surface area (Å²) in [6.45, 7) is 0. The van der Waals surface area contributed by atoms with Crippen LogP contribution in [0.25, 0.3) is 16.9 Å². The molecule has 144 valence electrons. The van der Waals surface area contributed by atoms with Crippen LogP contribution in [0.1, 0.15) is 22.5 Å². The Hall–Kier alpha value is -3.54. The fourth-order valence-electron chi connectivity index (χ4n) is 3.06. The van der Waals surface area contributed by atoms with E-state index < -0.39 is 11.9 Å². The van der Waals surface area contributed by atoms with Crippen molar-refractivity contribution in [2.24, 2.45) is 0 Å². The van der Waals surface area contributed by atoms with Crippen LogP contribution in [0.3, 0.4) is 0 Å². The largest absolute Gasteiger partial charge is 0.550 e. The highest BCUT2D eigenvalue weighted by Gasteiger charge is 2.13. The van der Waals surface area contributed by atoms with Crippen LogP contribution in [-0.2, 0) is 16.0 Å². The lowest BCUT2D eigenvalue weighted by molar-refractivity contribution is -0.305. The molecule has 0 aliphatic rings. The number of hydrogen-bond acceptors (Lipinski definition) is 5. The van der Waals surface area contributed by atoms with Crippen molar-refractivity contribution < 1.29 is 24.2 Å². The average Bonchev–Trinajstić information content (AvgIpc) is 3.15. The molecule has 3 aromatic rings. The lowest BCUT2D eigenvalue weighted by Gasteiger charge is -2.15. The number of aromatic nitrogens is 1. The quantitative estimate of drug-likeness (QED) is 0.591. The van der Waals surface area contributed by atoms with Crippen LogP contribution in [-0.4, -0.2) is 30.7 Å². The van der Waals surface area contributed by atoms with Crippen molar-refractivity contribution >= 4 is 11.9 Å². The van der Waals surface area contributed by atoms with Gasteiger partial charge >= 0.3 is 5.97 Å². The molecule has 1 aromatic heterocycles. The Balaban J connectivity index is 2.05. The Bertz CT molecular complexity index is 971. The molecule has 28 heavy (non-hydrogen) atoms. The van der Waals surface area contributed by atoms with Gasteiger partial charge < -0.3 is 23.9 Å². The van der Waals surface area contributed by atoms with Crippen molar-refractivity contribution in [3.8, 4) is 22.7 Å². The third kappa shape index (κ3) is 4.06. The van der Waals surface area contributed by atoms with Gasteiger partial charge in [0.1, 0.15) is 5.75 Å². The molecule has 0 bridgehead atoms. The highest BCUT2D eigenvalue weighted by molar-refractivity contribution is 5.89. The van der Waals surface area contributed by atoms with Crippen molar-refractivity contribution in [3.05, 3.63) is 71.9 Å². The first-order valence-electron chi connectivity index (χ1n) is 8.77. The van der Waals surface area contributed by atoms with E-state index in [1.807, 2.05) is 53.1 Å². The molecule has 6 nitrogen and oxygen atoms in total. The van der Waals surface area contributed by atoms with Crippen LogP contribution in [0, 0.1) is 0 Å². The fraction of sp³-hybridized carbons (Fsp3) is 0.182. The summed E-state index contributed by atoms with van der Waals surface area (Å²) in [5.74, 6) is -0.757. The summed E-state index contributed by atoms with van der Waals surface area (Å²) in [4.78, 5) is 22.6. The summed E-state index contributed by atoms with van der Waals surface area (Å²) < 4.78 is 11.9. The SMILES string of the molecule is COC(=O)c1ccc(-n2c(CCC(=O)[O-])ccc2-c2ccc(OC)cc2)cc1. The highest BCUT2D eigenvalue weighted by Crippen LogP contribution is 2.29. The molecular weight excluding hydrogens is 358 g/mol. The molecule has 0 spiro atoms. The lowest BCUT2D eigenvalue weighted by atomic mass is 10.1. The fourth-order valence-corrected chi connectivity index (χ4v) is 3.06. The molecule has 1 heterocycles. The van der Waals surface area contributed by atoms with Gasteiger partial charge in [0.15, 0.2) is 0 Å². The van der Waals surface area contributed by atoms with Crippen LogP contribution >= 0.6 is 0 Å². The number of carbonyl (C=O) groups excluding carboxylic acids is 2. The first-order valence-corrected chi connectivity index (χ1v) is 8.77. The van der Waals surface area contributed by atoms with Gasteiger partial charge in [0.2, 0.25) is 0 Å². The monoisotopic (exact) mass is 378 g/mol. The van der Waals surface area contributed by atoms with Crippen LogP contribution in [0.2, 0.25) is 0 Å². The van der Waals surface area contributed by atoms with Gasteiger partial charge in [-0.3, -0.25) is 0 Å². The minimum absolute atomic E-state index is 0.0771. The highest BCUT2D eigenvalue weighted by atomic mass is 16.5. The zero-order valence-corrected chi connectivity index (χ0v) is 15.7. The topological polar surface area (TPSA) is 80.6 Å². The number of benzene rings is 2. The molecular formula is C22H20NO5-. The molecule has 2 aromatic carbocycles. The van der Waals surface area contributed by atoms with Crippen LogP contribution in [0.5, 0.6) is 5.75 Å². The van der Waals surface area contributed by atoms with E-state index in [-0.39, 0.29) is 6.42 Å². The van der Waals surface area contributed by atoms with Crippen molar-refractivity contribution in [3.63, 3.8) is 0 Å². The predicted octanol–water partition coefficient (Wildman–Crippen LogP) is 2.62. The second kappa shape index (κ2) is 8.43. The first kappa shape index (κ1) is 19.2. The number of rotatable bonds is 7. The van der Waals surface area contributed by atoms with E-state index in [2.05, 4.69) is 0 Å². The molecule has 0 amide bonds. The molecule has 0 N–H and O–H groups in total. The van der Waals surface area contributed by atoms with E-state index in [1.54, 1.807) is 19.2 Å². The van der Waals surface area contributed by atoms with Crippen LogP contribution in [0.15, 0.2) is 60.7 Å². The molecule has 6 heteroatoms. The van der Waals surface area contributed by atoms with Gasteiger partial charge in [-0.1, -0.05) is 0 Å². The second-order valence-electron chi connectivity index (χ2n) is 6.18. The molecule has 0 unspecified atom stereocenters.